The van der Waals surface area contributed by atoms with Gasteiger partial charge >= 0.3 is 0 Å². The Morgan fingerprint density at radius 3 is 2.94 bits per heavy atom. The number of nitriles is 1. The van der Waals surface area contributed by atoms with E-state index in [0.29, 0.717) is 35.6 Å². The van der Waals surface area contributed by atoms with Gasteiger partial charge in [0.05, 0.1) is 11.8 Å². The monoisotopic (exact) mass is 469 g/mol. The predicted octanol–water partition coefficient (Wildman–Crippen LogP) is 5.35. The van der Waals surface area contributed by atoms with Gasteiger partial charge < -0.3 is 5.32 Å². The molecule has 0 spiro atoms. The van der Waals surface area contributed by atoms with Gasteiger partial charge in [-0.25, -0.2) is 9.37 Å². The molecule has 35 heavy (non-hydrogen) atoms. The lowest BCUT2D eigenvalue weighted by Crippen LogP contribution is -2.44. The number of aromatic nitrogens is 3. The molecule has 3 aliphatic rings. The number of amides is 1. The average molecular weight is 470 g/mol. The Labute approximate surface area is 204 Å². The maximum atomic E-state index is 14.6. The first-order valence-electron chi connectivity index (χ1n) is 12.5. The van der Waals surface area contributed by atoms with Gasteiger partial charge in [0, 0.05) is 23.7 Å². The quantitative estimate of drug-likeness (QED) is 0.539. The molecule has 0 aliphatic heterocycles. The van der Waals surface area contributed by atoms with Gasteiger partial charge in [0.15, 0.2) is 0 Å². The number of benzene rings is 1. The van der Waals surface area contributed by atoms with E-state index < -0.39 is 0 Å². The Morgan fingerprint density at radius 1 is 1.26 bits per heavy atom. The Balaban J connectivity index is 1.25. The van der Waals surface area contributed by atoms with Crippen molar-refractivity contribution in [2.75, 3.05) is 5.32 Å². The maximum Gasteiger partial charge on any atom is 0.225 e. The van der Waals surface area contributed by atoms with E-state index in [0.717, 1.165) is 37.7 Å². The van der Waals surface area contributed by atoms with Crippen LogP contribution in [0.3, 0.4) is 0 Å². The molecule has 1 aromatic carbocycles. The van der Waals surface area contributed by atoms with Gasteiger partial charge in [0.25, 0.3) is 0 Å². The van der Waals surface area contributed by atoms with E-state index in [1.54, 1.807) is 18.2 Å². The van der Waals surface area contributed by atoms with Gasteiger partial charge in [-0.05, 0) is 90.7 Å². The molecular formula is C28H28FN5O. The largest absolute Gasteiger partial charge is 0.311 e. The second kappa shape index (κ2) is 8.30. The van der Waals surface area contributed by atoms with Gasteiger partial charge in [0.2, 0.25) is 5.91 Å². The van der Waals surface area contributed by atoms with Crippen LogP contribution in [-0.4, -0.2) is 21.1 Å². The highest BCUT2D eigenvalue weighted by Crippen LogP contribution is 2.64. The highest BCUT2D eigenvalue weighted by molar-refractivity contribution is 5.89. The number of anilines is 1. The number of pyridine rings is 1. The minimum atomic E-state index is -0.0794. The Kier molecular flexibility index (Phi) is 5.21. The van der Waals surface area contributed by atoms with Crippen LogP contribution in [0.15, 0.2) is 42.7 Å². The third kappa shape index (κ3) is 3.46. The van der Waals surface area contributed by atoms with Gasteiger partial charge in [0.1, 0.15) is 17.7 Å². The van der Waals surface area contributed by atoms with Crippen LogP contribution in [0.2, 0.25) is 0 Å². The number of carbonyl (C=O) groups excluding carboxylic acids is 1. The van der Waals surface area contributed by atoms with E-state index in [2.05, 4.69) is 33.5 Å². The number of carbonyl (C=O) groups is 1. The van der Waals surface area contributed by atoms with Crippen LogP contribution in [0, 0.1) is 29.0 Å². The molecule has 3 aliphatic carbocycles. The van der Waals surface area contributed by atoms with E-state index in [4.69, 9.17) is 5.26 Å². The lowest BCUT2D eigenvalue weighted by Gasteiger charge is -2.50. The highest BCUT2D eigenvalue weighted by atomic mass is 19.1. The summed E-state index contributed by atoms with van der Waals surface area (Å²) >= 11 is 0. The van der Waals surface area contributed by atoms with E-state index in [9.17, 15) is 9.18 Å². The second-order valence-corrected chi connectivity index (χ2v) is 10.5. The van der Waals surface area contributed by atoms with Crippen LogP contribution in [-0.2, 0) is 16.6 Å². The number of aromatic amines is 1. The summed E-state index contributed by atoms with van der Waals surface area (Å²) in [6.45, 7) is 2.35. The fourth-order valence-electron chi connectivity index (χ4n) is 7.45. The van der Waals surface area contributed by atoms with E-state index >= 15 is 0 Å². The number of H-pyrrole nitrogens is 1. The Morgan fingerprint density at radius 2 is 2.14 bits per heavy atom. The SMILES string of the molecule is C[C@]12CCC3c4cccc(F)c4CCC3C1[C@H](CCC(=O)Nc1ccc(C#N)cn1)c1cn[nH]c12. The third-order valence-electron chi connectivity index (χ3n) is 8.89. The molecule has 3 unspecified atom stereocenters. The number of halogens is 1. The number of fused-ring (bicyclic) bond motifs is 7. The van der Waals surface area contributed by atoms with E-state index in [1.807, 2.05) is 18.3 Å². The molecule has 2 aromatic heterocycles. The first-order chi connectivity index (χ1) is 17.0. The summed E-state index contributed by atoms with van der Waals surface area (Å²) < 4.78 is 14.6. The Hall–Kier alpha value is -3.53. The molecule has 1 saturated carbocycles. The maximum absolute atomic E-state index is 14.6. The predicted molar refractivity (Wildman–Crippen MR) is 129 cm³/mol. The second-order valence-electron chi connectivity index (χ2n) is 10.5. The summed E-state index contributed by atoms with van der Waals surface area (Å²) in [4.78, 5) is 17.0. The zero-order valence-corrected chi connectivity index (χ0v) is 19.7. The Bertz CT molecular complexity index is 1330. The van der Waals surface area contributed by atoms with Crippen LogP contribution in [0.25, 0.3) is 0 Å². The van der Waals surface area contributed by atoms with E-state index in [1.165, 1.54) is 23.0 Å². The lowest BCUT2D eigenvalue weighted by molar-refractivity contribution is -0.116. The first-order valence-corrected chi connectivity index (χ1v) is 12.5. The van der Waals surface area contributed by atoms with Crippen molar-refractivity contribution in [1.82, 2.24) is 15.2 Å². The third-order valence-corrected chi connectivity index (χ3v) is 8.89. The molecule has 0 radical (unpaired) electrons. The molecule has 5 atom stereocenters. The molecule has 3 aromatic rings. The summed E-state index contributed by atoms with van der Waals surface area (Å²) in [6, 6.07) is 10.9. The zero-order valence-electron chi connectivity index (χ0n) is 19.7. The topological polar surface area (TPSA) is 94.5 Å². The minimum absolute atomic E-state index is 0.00630. The molecule has 7 heteroatoms. The van der Waals surface area contributed by atoms with Crippen LogP contribution >= 0.6 is 0 Å². The summed E-state index contributed by atoms with van der Waals surface area (Å²) in [5.41, 5.74) is 5.02. The van der Waals surface area contributed by atoms with Crippen molar-refractivity contribution >= 4 is 11.7 Å². The molecule has 178 valence electrons. The van der Waals surface area contributed by atoms with Gasteiger partial charge in [-0.3, -0.25) is 9.89 Å². The molecule has 6 rings (SSSR count). The zero-order chi connectivity index (χ0) is 24.2. The highest BCUT2D eigenvalue weighted by Gasteiger charge is 2.57. The van der Waals surface area contributed by atoms with Crippen LogP contribution < -0.4 is 5.32 Å². The minimum Gasteiger partial charge on any atom is -0.311 e. The molecule has 2 heterocycles. The number of rotatable bonds is 4. The molecule has 1 amide bonds. The fourth-order valence-corrected chi connectivity index (χ4v) is 7.45. The van der Waals surface area contributed by atoms with Gasteiger partial charge in [-0.15, -0.1) is 0 Å². The van der Waals surface area contributed by atoms with Crippen LogP contribution in [0.1, 0.15) is 78.8 Å². The fraction of sp³-hybridized carbons (Fsp3) is 0.429. The van der Waals surface area contributed by atoms with Crippen molar-refractivity contribution in [2.24, 2.45) is 11.8 Å². The van der Waals surface area contributed by atoms with Gasteiger partial charge in [-0.2, -0.15) is 10.4 Å². The first kappa shape index (κ1) is 22.0. The summed E-state index contributed by atoms with van der Waals surface area (Å²) in [5.74, 6) is 1.75. The molecular weight excluding hydrogens is 441 g/mol. The molecule has 2 N–H and O–H groups in total. The van der Waals surface area contributed by atoms with Crippen molar-refractivity contribution in [3.05, 3.63) is 76.5 Å². The van der Waals surface area contributed by atoms with Crippen LogP contribution in [0.5, 0.6) is 0 Å². The van der Waals surface area contributed by atoms with Crippen molar-refractivity contribution in [3.63, 3.8) is 0 Å². The van der Waals surface area contributed by atoms with Crippen molar-refractivity contribution in [2.45, 2.75) is 62.7 Å². The number of nitrogens with zero attached hydrogens (tertiary/aromatic N) is 3. The summed E-state index contributed by atoms with van der Waals surface area (Å²) in [7, 11) is 0. The number of nitrogens with one attached hydrogen (secondary N) is 2. The number of hydrogen-bond donors (Lipinski definition) is 2. The molecule has 6 nitrogen and oxygen atoms in total. The molecule has 0 bridgehead atoms. The average Bonchev–Trinajstić information content (AvgIpc) is 3.44. The van der Waals surface area contributed by atoms with Crippen molar-refractivity contribution < 1.29 is 9.18 Å². The van der Waals surface area contributed by atoms with Gasteiger partial charge in [-0.1, -0.05) is 19.1 Å². The summed E-state index contributed by atoms with van der Waals surface area (Å²) in [5, 5.41) is 19.5. The van der Waals surface area contributed by atoms with Crippen LogP contribution in [0.4, 0.5) is 10.2 Å². The molecule has 1 fully saturated rings. The molecule has 0 saturated heterocycles. The smallest absolute Gasteiger partial charge is 0.225 e. The number of hydrogen-bond acceptors (Lipinski definition) is 4. The summed E-state index contributed by atoms with van der Waals surface area (Å²) in [6.07, 6.45) is 8.36. The standard InChI is InChI=1S/C28H28FN5O/c1-28-12-11-18-17-3-2-4-23(29)19(17)6-7-20(18)26(28)21(22-15-32-34-27(22)28)8-10-25(35)33-24-9-5-16(13-30)14-31-24/h2-5,9,14-15,18,20-21,26H,6-8,10-12H2,1H3,(H,32,34)(H,31,33,35)/t18?,20?,21-,26?,28+/m1/s1. The lowest BCUT2D eigenvalue weighted by atomic mass is 9.53. The normalized spacial score (nSPS) is 28.3. The van der Waals surface area contributed by atoms with E-state index in [-0.39, 0.29) is 23.1 Å². The van der Waals surface area contributed by atoms with Crippen molar-refractivity contribution in [3.8, 4) is 6.07 Å². The van der Waals surface area contributed by atoms with Crippen molar-refractivity contribution in [1.29, 1.82) is 5.26 Å².